The highest BCUT2D eigenvalue weighted by atomic mass is 15.1. The Kier molecular flexibility index (Phi) is 2.97. The Morgan fingerprint density at radius 3 is 2.58 bits per heavy atom. The smallest absolute Gasteiger partial charge is 0.149 e. The van der Waals surface area contributed by atoms with Crippen LogP contribution in [0.5, 0.6) is 0 Å². The second-order valence-electron chi connectivity index (χ2n) is 5.44. The number of aromatic nitrogens is 2. The summed E-state index contributed by atoms with van der Waals surface area (Å²) in [7, 11) is 0. The molecule has 1 saturated carbocycles. The summed E-state index contributed by atoms with van der Waals surface area (Å²) in [6, 6.07) is 8.71. The van der Waals surface area contributed by atoms with Gasteiger partial charge in [0.1, 0.15) is 5.82 Å². The molecule has 0 unspecified atom stereocenters. The quantitative estimate of drug-likeness (QED) is 0.889. The van der Waals surface area contributed by atoms with E-state index in [0.29, 0.717) is 5.82 Å². The summed E-state index contributed by atoms with van der Waals surface area (Å²) in [5, 5.41) is 8.33. The maximum atomic E-state index is 5.80. The van der Waals surface area contributed by atoms with Crippen LogP contribution in [-0.4, -0.2) is 10.2 Å². The number of anilines is 1. The molecule has 1 aliphatic rings. The molecule has 1 aliphatic carbocycles. The molecular weight excluding hydrogens is 234 g/mol. The van der Waals surface area contributed by atoms with Gasteiger partial charge < -0.3 is 5.73 Å². The van der Waals surface area contributed by atoms with Crippen molar-refractivity contribution in [3.8, 4) is 11.3 Å². The Labute approximate surface area is 113 Å². The molecule has 2 aromatic rings. The zero-order valence-electron chi connectivity index (χ0n) is 11.5. The molecule has 2 N–H and O–H groups in total. The van der Waals surface area contributed by atoms with Gasteiger partial charge in [-0.15, -0.1) is 10.2 Å². The highest BCUT2D eigenvalue weighted by Gasteiger charge is 2.20. The van der Waals surface area contributed by atoms with E-state index in [-0.39, 0.29) is 0 Å². The van der Waals surface area contributed by atoms with Gasteiger partial charge in [-0.3, -0.25) is 0 Å². The van der Waals surface area contributed by atoms with Gasteiger partial charge in [0.05, 0.1) is 5.69 Å². The molecule has 0 spiro atoms. The van der Waals surface area contributed by atoms with Crippen LogP contribution in [0, 0.1) is 13.8 Å². The van der Waals surface area contributed by atoms with Gasteiger partial charge in [0.15, 0.2) is 0 Å². The molecule has 3 rings (SSSR count). The number of hydrogen-bond acceptors (Lipinski definition) is 3. The van der Waals surface area contributed by atoms with Crippen LogP contribution in [0.25, 0.3) is 11.3 Å². The molecule has 1 heterocycles. The van der Waals surface area contributed by atoms with Crippen molar-refractivity contribution in [1.29, 1.82) is 0 Å². The minimum Gasteiger partial charge on any atom is -0.382 e. The van der Waals surface area contributed by atoms with Crippen LogP contribution in [-0.2, 0) is 0 Å². The Bertz CT molecular complexity index is 615. The fourth-order valence-corrected chi connectivity index (χ4v) is 2.58. The molecule has 98 valence electrons. The van der Waals surface area contributed by atoms with Crippen LogP contribution in [0.4, 0.5) is 5.82 Å². The number of benzene rings is 1. The molecule has 0 saturated heterocycles. The maximum absolute atomic E-state index is 5.80. The van der Waals surface area contributed by atoms with Gasteiger partial charge in [0, 0.05) is 5.56 Å². The summed E-state index contributed by atoms with van der Waals surface area (Å²) in [5.41, 5.74) is 11.5. The lowest BCUT2D eigenvalue weighted by molar-refractivity contribution is 0.420. The van der Waals surface area contributed by atoms with Gasteiger partial charge >= 0.3 is 0 Å². The zero-order valence-corrected chi connectivity index (χ0v) is 11.5. The molecule has 0 bridgehead atoms. The van der Waals surface area contributed by atoms with Crippen molar-refractivity contribution in [1.82, 2.24) is 10.2 Å². The van der Waals surface area contributed by atoms with Crippen LogP contribution >= 0.6 is 0 Å². The number of rotatable bonds is 2. The van der Waals surface area contributed by atoms with E-state index in [4.69, 9.17) is 5.73 Å². The number of nitrogen functional groups attached to an aromatic ring is 1. The van der Waals surface area contributed by atoms with Crippen LogP contribution in [0.3, 0.4) is 0 Å². The Balaban J connectivity index is 2.04. The topological polar surface area (TPSA) is 51.8 Å². The largest absolute Gasteiger partial charge is 0.382 e. The molecule has 0 amide bonds. The van der Waals surface area contributed by atoms with E-state index < -0.39 is 0 Å². The Hall–Kier alpha value is -1.90. The van der Waals surface area contributed by atoms with Gasteiger partial charge in [-0.1, -0.05) is 24.6 Å². The Morgan fingerprint density at radius 1 is 1.11 bits per heavy atom. The van der Waals surface area contributed by atoms with Crippen molar-refractivity contribution in [2.45, 2.75) is 39.0 Å². The van der Waals surface area contributed by atoms with Gasteiger partial charge in [-0.2, -0.15) is 0 Å². The molecule has 3 heteroatoms. The van der Waals surface area contributed by atoms with E-state index in [9.17, 15) is 0 Å². The lowest BCUT2D eigenvalue weighted by atomic mass is 9.79. The summed E-state index contributed by atoms with van der Waals surface area (Å²) in [4.78, 5) is 0. The van der Waals surface area contributed by atoms with E-state index in [1.807, 2.05) is 6.92 Å². The molecule has 19 heavy (non-hydrogen) atoms. The number of nitrogens with zero attached hydrogens (tertiary/aromatic N) is 2. The monoisotopic (exact) mass is 253 g/mol. The minimum absolute atomic E-state index is 0.524. The third-order valence-corrected chi connectivity index (χ3v) is 4.30. The van der Waals surface area contributed by atoms with Gasteiger partial charge in [-0.05, 0) is 55.4 Å². The normalized spacial score (nSPS) is 15.3. The summed E-state index contributed by atoms with van der Waals surface area (Å²) in [6.45, 7) is 4.06. The Morgan fingerprint density at radius 2 is 1.89 bits per heavy atom. The molecule has 1 aromatic heterocycles. The first-order valence-electron chi connectivity index (χ1n) is 6.86. The molecule has 1 aromatic carbocycles. The van der Waals surface area contributed by atoms with Crippen LogP contribution in [0.15, 0.2) is 24.3 Å². The third kappa shape index (κ3) is 2.09. The summed E-state index contributed by atoms with van der Waals surface area (Å²) in [6.07, 6.45) is 3.98. The fourth-order valence-electron chi connectivity index (χ4n) is 2.58. The van der Waals surface area contributed by atoms with E-state index in [0.717, 1.165) is 28.3 Å². The average Bonchev–Trinajstić information content (AvgIpc) is 2.34. The minimum atomic E-state index is 0.524. The first-order valence-corrected chi connectivity index (χ1v) is 6.86. The van der Waals surface area contributed by atoms with Crippen molar-refractivity contribution in [2.24, 2.45) is 0 Å². The van der Waals surface area contributed by atoms with Crippen LogP contribution < -0.4 is 5.73 Å². The first-order chi connectivity index (χ1) is 9.16. The summed E-state index contributed by atoms with van der Waals surface area (Å²) < 4.78 is 0. The van der Waals surface area contributed by atoms with E-state index in [1.165, 1.54) is 24.8 Å². The third-order valence-electron chi connectivity index (χ3n) is 4.30. The van der Waals surface area contributed by atoms with Gasteiger partial charge in [0.25, 0.3) is 0 Å². The van der Waals surface area contributed by atoms with Crippen molar-refractivity contribution in [3.05, 3.63) is 41.0 Å². The van der Waals surface area contributed by atoms with Gasteiger partial charge in [0.2, 0.25) is 0 Å². The van der Waals surface area contributed by atoms with E-state index in [2.05, 4.69) is 41.4 Å². The predicted octanol–water partition coefficient (Wildman–Crippen LogP) is 3.61. The lowest BCUT2D eigenvalue weighted by Crippen LogP contribution is -2.08. The molecule has 0 radical (unpaired) electrons. The van der Waals surface area contributed by atoms with Gasteiger partial charge in [-0.25, -0.2) is 0 Å². The second kappa shape index (κ2) is 4.65. The van der Waals surface area contributed by atoms with Crippen molar-refractivity contribution < 1.29 is 0 Å². The number of hydrogen-bond donors (Lipinski definition) is 1. The molecule has 0 aliphatic heterocycles. The van der Waals surface area contributed by atoms with Crippen molar-refractivity contribution in [2.75, 3.05) is 5.73 Å². The van der Waals surface area contributed by atoms with Crippen molar-refractivity contribution in [3.63, 3.8) is 0 Å². The van der Waals surface area contributed by atoms with Crippen LogP contribution in [0.1, 0.15) is 41.9 Å². The number of nitrogens with two attached hydrogens (primary N) is 1. The summed E-state index contributed by atoms with van der Waals surface area (Å²) >= 11 is 0. The van der Waals surface area contributed by atoms with E-state index >= 15 is 0 Å². The molecule has 3 nitrogen and oxygen atoms in total. The summed E-state index contributed by atoms with van der Waals surface area (Å²) in [5.74, 6) is 1.26. The maximum Gasteiger partial charge on any atom is 0.149 e. The first kappa shape index (κ1) is 12.2. The fraction of sp³-hybridized carbons (Fsp3) is 0.375. The standard InChI is InChI=1S/C16H19N3/c1-10-11(2)16(17)19-18-15(10)14-8-4-7-13(9-14)12-5-3-6-12/h4,7-9,12H,3,5-6H2,1-2H3,(H2,17,19). The van der Waals surface area contributed by atoms with E-state index in [1.54, 1.807) is 0 Å². The predicted molar refractivity (Wildman–Crippen MR) is 77.9 cm³/mol. The highest BCUT2D eigenvalue weighted by Crippen LogP contribution is 2.37. The zero-order chi connectivity index (χ0) is 13.4. The van der Waals surface area contributed by atoms with Crippen LogP contribution in [0.2, 0.25) is 0 Å². The molecule has 1 fully saturated rings. The molecule has 0 atom stereocenters. The lowest BCUT2D eigenvalue weighted by Gasteiger charge is -2.26. The van der Waals surface area contributed by atoms with Crippen molar-refractivity contribution >= 4 is 5.82 Å². The highest BCUT2D eigenvalue weighted by molar-refractivity contribution is 5.66. The SMILES string of the molecule is Cc1c(N)nnc(-c2cccc(C3CCC3)c2)c1C. The molecular formula is C16H19N3. The average molecular weight is 253 g/mol. The second-order valence-corrected chi connectivity index (χ2v) is 5.44.